The number of nitrogens with zero attached hydrogens (tertiary/aromatic N) is 2. The zero-order valence-electron chi connectivity index (χ0n) is 17.4. The van der Waals surface area contributed by atoms with Crippen LogP contribution in [0.2, 0.25) is 0 Å². The van der Waals surface area contributed by atoms with Crippen molar-refractivity contribution >= 4 is 11.8 Å². The number of nitrogens with one attached hydrogen (secondary N) is 1. The highest BCUT2D eigenvalue weighted by atomic mass is 16.2. The van der Waals surface area contributed by atoms with Gasteiger partial charge >= 0.3 is 0 Å². The predicted molar refractivity (Wildman–Crippen MR) is 116 cm³/mol. The Morgan fingerprint density at radius 3 is 2.10 bits per heavy atom. The maximum absolute atomic E-state index is 12.7. The van der Waals surface area contributed by atoms with E-state index in [1.54, 1.807) is 4.90 Å². The van der Waals surface area contributed by atoms with Crippen LogP contribution in [-0.4, -0.2) is 60.4 Å². The molecule has 1 fully saturated rings. The van der Waals surface area contributed by atoms with Crippen molar-refractivity contribution in [2.75, 3.05) is 32.7 Å². The molecule has 29 heavy (non-hydrogen) atoms. The summed E-state index contributed by atoms with van der Waals surface area (Å²) in [5, 5.41) is 2.94. The smallest absolute Gasteiger partial charge is 0.237 e. The number of benzene rings is 2. The van der Waals surface area contributed by atoms with Crippen molar-refractivity contribution in [3.05, 3.63) is 71.8 Å². The van der Waals surface area contributed by atoms with Gasteiger partial charge in [-0.1, -0.05) is 60.7 Å². The summed E-state index contributed by atoms with van der Waals surface area (Å²) >= 11 is 0. The molecule has 0 spiro atoms. The van der Waals surface area contributed by atoms with Crippen molar-refractivity contribution in [3.8, 4) is 0 Å². The Balaban J connectivity index is 1.84. The van der Waals surface area contributed by atoms with Gasteiger partial charge in [0.25, 0.3) is 0 Å². The van der Waals surface area contributed by atoms with Crippen LogP contribution in [-0.2, 0) is 9.59 Å². The van der Waals surface area contributed by atoms with Gasteiger partial charge in [0.05, 0.1) is 12.5 Å². The fourth-order valence-corrected chi connectivity index (χ4v) is 4.08. The van der Waals surface area contributed by atoms with Gasteiger partial charge in [-0.2, -0.15) is 0 Å². The molecular formula is C24H31N3O2. The molecule has 3 rings (SSSR count). The first-order valence-electron chi connectivity index (χ1n) is 10.5. The molecule has 2 aromatic rings. The van der Waals surface area contributed by atoms with Crippen LogP contribution in [0, 0.1) is 0 Å². The van der Waals surface area contributed by atoms with Gasteiger partial charge in [0.15, 0.2) is 0 Å². The van der Waals surface area contributed by atoms with E-state index in [4.69, 9.17) is 0 Å². The third-order valence-electron chi connectivity index (χ3n) is 5.75. The van der Waals surface area contributed by atoms with Crippen molar-refractivity contribution in [2.45, 2.75) is 32.2 Å². The lowest BCUT2D eigenvalue weighted by molar-refractivity contribution is -0.138. The van der Waals surface area contributed by atoms with Gasteiger partial charge in [-0.15, -0.1) is 0 Å². The topological polar surface area (TPSA) is 52.7 Å². The largest absolute Gasteiger partial charge is 0.353 e. The molecule has 1 heterocycles. The van der Waals surface area contributed by atoms with Gasteiger partial charge in [-0.3, -0.25) is 14.5 Å². The van der Waals surface area contributed by atoms with Gasteiger partial charge in [-0.25, -0.2) is 0 Å². The number of piperazine rings is 1. The van der Waals surface area contributed by atoms with Crippen molar-refractivity contribution < 1.29 is 9.59 Å². The molecule has 0 unspecified atom stereocenters. The van der Waals surface area contributed by atoms with Gasteiger partial charge in [0.1, 0.15) is 0 Å². The van der Waals surface area contributed by atoms with E-state index < -0.39 is 6.04 Å². The summed E-state index contributed by atoms with van der Waals surface area (Å²) in [6.07, 6.45) is 0.226. The van der Waals surface area contributed by atoms with Crippen LogP contribution in [0.3, 0.4) is 0 Å². The molecule has 5 heteroatoms. The van der Waals surface area contributed by atoms with Gasteiger partial charge < -0.3 is 10.2 Å². The molecular weight excluding hydrogens is 362 g/mol. The fraction of sp³-hybridized carbons (Fsp3) is 0.417. The maximum atomic E-state index is 12.7. The van der Waals surface area contributed by atoms with E-state index in [1.165, 1.54) is 11.1 Å². The first-order chi connectivity index (χ1) is 14.1. The van der Waals surface area contributed by atoms with E-state index >= 15 is 0 Å². The van der Waals surface area contributed by atoms with E-state index in [9.17, 15) is 9.59 Å². The highest BCUT2D eigenvalue weighted by Gasteiger charge is 2.34. The predicted octanol–water partition coefficient (Wildman–Crippen LogP) is 2.88. The quantitative estimate of drug-likeness (QED) is 0.750. The van der Waals surface area contributed by atoms with Gasteiger partial charge in [-0.05, 0) is 25.0 Å². The fourth-order valence-electron chi connectivity index (χ4n) is 4.08. The highest BCUT2D eigenvalue weighted by Crippen LogP contribution is 2.27. The SMILES string of the molecule is CCN(CC)C(=O)C[C@@H]1C(=O)NCCN1CC(c1ccccc1)c1ccccc1. The summed E-state index contributed by atoms with van der Waals surface area (Å²) in [7, 11) is 0. The Kier molecular flexibility index (Phi) is 7.42. The lowest BCUT2D eigenvalue weighted by Gasteiger charge is -2.38. The number of carbonyl (C=O) groups is 2. The van der Waals surface area contributed by atoms with E-state index in [0.717, 1.165) is 6.54 Å². The Morgan fingerprint density at radius 2 is 1.59 bits per heavy atom. The van der Waals surface area contributed by atoms with Crippen LogP contribution in [0.4, 0.5) is 0 Å². The lowest BCUT2D eigenvalue weighted by Crippen LogP contribution is -2.57. The number of hydrogen-bond donors (Lipinski definition) is 1. The molecule has 0 bridgehead atoms. The van der Waals surface area contributed by atoms with E-state index in [1.807, 2.05) is 26.0 Å². The second kappa shape index (κ2) is 10.2. The zero-order chi connectivity index (χ0) is 20.6. The normalized spacial score (nSPS) is 17.2. The van der Waals surface area contributed by atoms with Crippen LogP contribution in [0.25, 0.3) is 0 Å². The molecule has 154 valence electrons. The second-order valence-corrected chi connectivity index (χ2v) is 7.45. The number of hydrogen-bond acceptors (Lipinski definition) is 3. The van der Waals surface area contributed by atoms with E-state index in [0.29, 0.717) is 26.2 Å². The number of amides is 2. The van der Waals surface area contributed by atoms with E-state index in [2.05, 4.69) is 58.7 Å². The minimum absolute atomic E-state index is 0.0398. The van der Waals surface area contributed by atoms with Crippen LogP contribution < -0.4 is 5.32 Å². The first-order valence-corrected chi connectivity index (χ1v) is 10.5. The molecule has 5 nitrogen and oxygen atoms in total. The zero-order valence-corrected chi connectivity index (χ0v) is 17.4. The van der Waals surface area contributed by atoms with Crippen molar-refractivity contribution in [2.24, 2.45) is 0 Å². The molecule has 0 radical (unpaired) electrons. The Hall–Kier alpha value is -2.66. The molecule has 0 aliphatic carbocycles. The van der Waals surface area contributed by atoms with Gasteiger partial charge in [0, 0.05) is 38.6 Å². The lowest BCUT2D eigenvalue weighted by atomic mass is 9.90. The summed E-state index contributed by atoms with van der Waals surface area (Å²) in [5.41, 5.74) is 2.44. The first kappa shape index (κ1) is 21.1. The van der Waals surface area contributed by atoms with Gasteiger partial charge in [0.2, 0.25) is 11.8 Å². The third kappa shape index (κ3) is 5.24. The third-order valence-corrected chi connectivity index (χ3v) is 5.75. The Labute approximate surface area is 173 Å². The van der Waals surface area contributed by atoms with Crippen molar-refractivity contribution in [1.82, 2.24) is 15.1 Å². The Bertz CT molecular complexity index is 751. The standard InChI is InChI=1S/C24H31N3O2/c1-3-26(4-2)23(28)17-22-24(29)25-15-16-27(22)18-21(19-11-7-5-8-12-19)20-13-9-6-10-14-20/h5-14,21-22H,3-4,15-18H2,1-2H3,(H,25,29)/t22-/m1/s1. The molecule has 1 atom stereocenters. The summed E-state index contributed by atoms with van der Waals surface area (Å²) in [6.45, 7) is 7.35. The number of rotatable bonds is 8. The monoisotopic (exact) mass is 393 g/mol. The van der Waals surface area contributed by atoms with Crippen LogP contribution in [0.1, 0.15) is 37.3 Å². The highest BCUT2D eigenvalue weighted by molar-refractivity contribution is 5.88. The summed E-state index contributed by atoms with van der Waals surface area (Å²) < 4.78 is 0. The summed E-state index contributed by atoms with van der Waals surface area (Å²) in [6, 6.07) is 20.4. The molecule has 1 aliphatic rings. The molecule has 0 aromatic heterocycles. The maximum Gasteiger partial charge on any atom is 0.237 e. The molecule has 1 saturated heterocycles. The molecule has 0 saturated carbocycles. The summed E-state index contributed by atoms with van der Waals surface area (Å²) in [5.74, 6) is 0.143. The molecule has 2 amide bonds. The van der Waals surface area contributed by atoms with Crippen molar-refractivity contribution in [1.29, 1.82) is 0 Å². The van der Waals surface area contributed by atoms with Crippen LogP contribution >= 0.6 is 0 Å². The van der Waals surface area contributed by atoms with E-state index in [-0.39, 0.29) is 24.2 Å². The summed E-state index contributed by atoms with van der Waals surface area (Å²) in [4.78, 5) is 29.4. The minimum atomic E-state index is -0.424. The van der Waals surface area contributed by atoms with Crippen LogP contribution in [0.5, 0.6) is 0 Å². The van der Waals surface area contributed by atoms with Crippen molar-refractivity contribution in [3.63, 3.8) is 0 Å². The van der Waals surface area contributed by atoms with Crippen LogP contribution in [0.15, 0.2) is 60.7 Å². The Morgan fingerprint density at radius 1 is 1.03 bits per heavy atom. The molecule has 1 aliphatic heterocycles. The second-order valence-electron chi connectivity index (χ2n) is 7.45. The average molecular weight is 394 g/mol. The number of carbonyl (C=O) groups excluding carboxylic acids is 2. The molecule has 1 N–H and O–H groups in total. The molecule has 2 aromatic carbocycles. The minimum Gasteiger partial charge on any atom is -0.353 e. The average Bonchev–Trinajstić information content (AvgIpc) is 2.76.